The number of hydrogen-bond acceptors (Lipinski definition) is 2. The van der Waals surface area contributed by atoms with Crippen molar-refractivity contribution in [2.24, 2.45) is 29.5 Å². The van der Waals surface area contributed by atoms with Gasteiger partial charge in [-0.25, -0.2) is 0 Å². The quantitative estimate of drug-likeness (QED) is 0.571. The van der Waals surface area contributed by atoms with Crippen molar-refractivity contribution in [3.8, 4) is 0 Å². The lowest BCUT2D eigenvalue weighted by atomic mass is 9.71. The molecule has 0 bridgehead atoms. The lowest BCUT2D eigenvalue weighted by Gasteiger charge is -2.38. The molecule has 0 amide bonds. The van der Waals surface area contributed by atoms with Gasteiger partial charge in [-0.15, -0.1) is 0 Å². The summed E-state index contributed by atoms with van der Waals surface area (Å²) in [4.78, 5) is 0. The van der Waals surface area contributed by atoms with Crippen LogP contribution >= 0.6 is 0 Å². The maximum absolute atomic E-state index is 5.82. The largest absolute Gasteiger partial charge is 0.271 e. The Kier molecular flexibility index (Phi) is 4.26. The van der Waals surface area contributed by atoms with Gasteiger partial charge in [0.1, 0.15) is 0 Å². The summed E-state index contributed by atoms with van der Waals surface area (Å²) < 4.78 is 0. The summed E-state index contributed by atoms with van der Waals surface area (Å²) in [5.41, 5.74) is 3.15. The summed E-state index contributed by atoms with van der Waals surface area (Å²) in [5.74, 6) is 9.29. The molecule has 0 radical (unpaired) electrons. The average molecular weight is 224 g/mol. The molecule has 0 aliphatic heterocycles. The van der Waals surface area contributed by atoms with Crippen LogP contribution in [-0.4, -0.2) is 6.04 Å². The van der Waals surface area contributed by atoms with E-state index in [4.69, 9.17) is 5.84 Å². The van der Waals surface area contributed by atoms with E-state index in [9.17, 15) is 0 Å². The van der Waals surface area contributed by atoms with Crippen molar-refractivity contribution in [1.82, 2.24) is 5.43 Å². The summed E-state index contributed by atoms with van der Waals surface area (Å²) in [7, 11) is 0. The molecule has 2 rings (SSSR count). The molecule has 2 aliphatic rings. The van der Waals surface area contributed by atoms with Crippen molar-refractivity contribution in [3.63, 3.8) is 0 Å². The Hall–Kier alpha value is -0.0800. The van der Waals surface area contributed by atoms with Crippen molar-refractivity contribution in [1.29, 1.82) is 0 Å². The molecule has 0 aromatic heterocycles. The first-order chi connectivity index (χ1) is 7.70. The van der Waals surface area contributed by atoms with E-state index >= 15 is 0 Å². The first-order valence-corrected chi connectivity index (χ1v) is 7.16. The highest BCUT2D eigenvalue weighted by atomic mass is 15.2. The molecule has 2 heteroatoms. The highest BCUT2D eigenvalue weighted by Crippen LogP contribution is 2.39. The van der Waals surface area contributed by atoms with Crippen molar-refractivity contribution in [2.45, 2.75) is 64.8 Å². The molecule has 2 aliphatic carbocycles. The second-order valence-electron chi connectivity index (χ2n) is 6.41. The molecule has 3 N–H and O–H groups in total. The predicted molar refractivity (Wildman–Crippen MR) is 68.7 cm³/mol. The fraction of sp³-hybridized carbons (Fsp3) is 1.00. The molecule has 3 atom stereocenters. The van der Waals surface area contributed by atoms with Gasteiger partial charge in [0.15, 0.2) is 0 Å². The maximum Gasteiger partial charge on any atom is 0.0267 e. The molecule has 2 nitrogen and oxygen atoms in total. The number of hydrazine groups is 1. The number of rotatable bonds is 3. The molecule has 2 fully saturated rings. The minimum atomic E-state index is 0.590. The second-order valence-corrected chi connectivity index (χ2v) is 6.41. The van der Waals surface area contributed by atoms with Crippen molar-refractivity contribution >= 4 is 0 Å². The second kappa shape index (κ2) is 5.50. The zero-order chi connectivity index (χ0) is 11.5. The van der Waals surface area contributed by atoms with Crippen LogP contribution in [0.3, 0.4) is 0 Å². The van der Waals surface area contributed by atoms with Crippen LogP contribution < -0.4 is 11.3 Å². The summed E-state index contributed by atoms with van der Waals surface area (Å²) in [5, 5.41) is 0. The minimum Gasteiger partial charge on any atom is -0.271 e. The predicted octanol–water partition coefficient (Wildman–Crippen LogP) is 3.08. The molecule has 0 aromatic carbocycles. The van der Waals surface area contributed by atoms with E-state index in [-0.39, 0.29) is 0 Å². The SMILES string of the molecule is CC1CC(C)CC(C(NN)C2CCCC2)C1. The molecule has 2 saturated carbocycles. The number of nitrogens with one attached hydrogen (secondary N) is 1. The Bertz CT molecular complexity index is 201. The first-order valence-electron chi connectivity index (χ1n) is 7.16. The lowest BCUT2D eigenvalue weighted by Crippen LogP contribution is -2.47. The Labute approximate surface area is 100 Å². The van der Waals surface area contributed by atoms with Crippen molar-refractivity contribution in [2.75, 3.05) is 0 Å². The normalized spacial score (nSPS) is 38.8. The van der Waals surface area contributed by atoms with E-state index in [2.05, 4.69) is 19.3 Å². The third-order valence-electron chi connectivity index (χ3n) is 4.82. The maximum atomic E-state index is 5.82. The Morgan fingerprint density at radius 1 is 0.938 bits per heavy atom. The van der Waals surface area contributed by atoms with Crippen molar-refractivity contribution < 1.29 is 0 Å². The van der Waals surface area contributed by atoms with Gasteiger partial charge in [0.25, 0.3) is 0 Å². The van der Waals surface area contributed by atoms with Crippen LogP contribution in [0, 0.1) is 23.7 Å². The fourth-order valence-corrected chi connectivity index (χ4v) is 4.28. The van der Waals surface area contributed by atoms with Crippen LogP contribution in [0.25, 0.3) is 0 Å². The van der Waals surface area contributed by atoms with E-state index in [1.807, 2.05) is 0 Å². The molecule has 16 heavy (non-hydrogen) atoms. The zero-order valence-corrected chi connectivity index (χ0v) is 10.9. The molecule has 0 heterocycles. The third kappa shape index (κ3) is 2.78. The Morgan fingerprint density at radius 3 is 2.00 bits per heavy atom. The van der Waals surface area contributed by atoms with E-state index in [1.54, 1.807) is 0 Å². The third-order valence-corrected chi connectivity index (χ3v) is 4.82. The van der Waals surface area contributed by atoms with Gasteiger partial charge in [0, 0.05) is 6.04 Å². The Balaban J connectivity index is 1.96. The van der Waals surface area contributed by atoms with Gasteiger partial charge >= 0.3 is 0 Å². The minimum absolute atomic E-state index is 0.590. The standard InChI is InChI=1S/C14H28N2/c1-10-7-11(2)9-13(8-10)14(16-15)12-5-3-4-6-12/h10-14,16H,3-9,15H2,1-2H3. The van der Waals surface area contributed by atoms with Crippen LogP contribution in [-0.2, 0) is 0 Å². The molecule has 94 valence electrons. The summed E-state index contributed by atoms with van der Waals surface area (Å²) in [6, 6.07) is 0.590. The zero-order valence-electron chi connectivity index (χ0n) is 10.9. The van der Waals surface area contributed by atoms with E-state index in [0.29, 0.717) is 6.04 Å². The first kappa shape index (κ1) is 12.4. The van der Waals surface area contributed by atoms with Crippen LogP contribution in [0.5, 0.6) is 0 Å². The number of nitrogens with two attached hydrogens (primary N) is 1. The average Bonchev–Trinajstić information content (AvgIpc) is 2.70. The summed E-state index contributed by atoms with van der Waals surface area (Å²) in [6.45, 7) is 4.82. The summed E-state index contributed by atoms with van der Waals surface area (Å²) in [6.07, 6.45) is 9.81. The fourth-order valence-electron chi connectivity index (χ4n) is 4.28. The van der Waals surface area contributed by atoms with Crippen LogP contribution in [0.1, 0.15) is 58.8 Å². The smallest absolute Gasteiger partial charge is 0.0267 e. The van der Waals surface area contributed by atoms with Gasteiger partial charge in [-0.2, -0.15) is 0 Å². The van der Waals surface area contributed by atoms with Gasteiger partial charge < -0.3 is 0 Å². The van der Waals surface area contributed by atoms with E-state index in [1.165, 1.54) is 44.9 Å². The molecule has 3 unspecified atom stereocenters. The van der Waals surface area contributed by atoms with E-state index < -0.39 is 0 Å². The molecule has 0 spiro atoms. The van der Waals surface area contributed by atoms with Crippen LogP contribution in [0.15, 0.2) is 0 Å². The lowest BCUT2D eigenvalue weighted by molar-refractivity contribution is 0.144. The highest BCUT2D eigenvalue weighted by Gasteiger charge is 2.34. The monoisotopic (exact) mass is 224 g/mol. The van der Waals surface area contributed by atoms with Crippen LogP contribution in [0.2, 0.25) is 0 Å². The van der Waals surface area contributed by atoms with Gasteiger partial charge in [-0.05, 0) is 55.8 Å². The van der Waals surface area contributed by atoms with Crippen molar-refractivity contribution in [3.05, 3.63) is 0 Å². The van der Waals surface area contributed by atoms with E-state index in [0.717, 1.165) is 23.7 Å². The molecular formula is C14H28N2. The molecule has 0 aromatic rings. The van der Waals surface area contributed by atoms with Gasteiger partial charge in [-0.3, -0.25) is 11.3 Å². The Morgan fingerprint density at radius 2 is 1.50 bits per heavy atom. The molecular weight excluding hydrogens is 196 g/mol. The highest BCUT2D eigenvalue weighted by molar-refractivity contribution is 4.88. The van der Waals surface area contributed by atoms with Gasteiger partial charge in [0.2, 0.25) is 0 Å². The van der Waals surface area contributed by atoms with Gasteiger partial charge in [0.05, 0.1) is 0 Å². The molecule has 0 saturated heterocycles. The number of hydrogen-bond donors (Lipinski definition) is 2. The topological polar surface area (TPSA) is 38.0 Å². The summed E-state index contributed by atoms with van der Waals surface area (Å²) >= 11 is 0. The van der Waals surface area contributed by atoms with Gasteiger partial charge in [-0.1, -0.05) is 26.7 Å². The van der Waals surface area contributed by atoms with Crippen LogP contribution in [0.4, 0.5) is 0 Å².